The van der Waals surface area contributed by atoms with Crippen LogP contribution in [0.3, 0.4) is 0 Å². The van der Waals surface area contributed by atoms with Gasteiger partial charge in [0.05, 0.1) is 6.20 Å². The maximum absolute atomic E-state index is 12.9. The van der Waals surface area contributed by atoms with E-state index in [1.807, 2.05) is 62.4 Å². The molecular formula is C26H23N3O3. The second-order valence-electron chi connectivity index (χ2n) is 7.25. The van der Waals surface area contributed by atoms with Gasteiger partial charge in [-0.3, -0.25) is 9.78 Å². The minimum absolute atomic E-state index is 0.0846. The summed E-state index contributed by atoms with van der Waals surface area (Å²) in [5, 5.41) is 2.93. The van der Waals surface area contributed by atoms with E-state index in [2.05, 4.69) is 15.3 Å². The number of benzene rings is 2. The van der Waals surface area contributed by atoms with E-state index >= 15 is 0 Å². The summed E-state index contributed by atoms with van der Waals surface area (Å²) in [5.41, 5.74) is 3.00. The summed E-state index contributed by atoms with van der Waals surface area (Å²) in [6, 6.07) is 22.5. The van der Waals surface area contributed by atoms with Crippen LogP contribution in [-0.2, 0) is 0 Å². The van der Waals surface area contributed by atoms with Crippen molar-refractivity contribution >= 4 is 11.6 Å². The lowest BCUT2D eigenvalue weighted by Gasteiger charge is -2.17. The quantitative estimate of drug-likeness (QED) is 0.395. The molecule has 0 aliphatic heterocycles. The molecule has 0 fully saturated rings. The fraction of sp³-hybridized carbons (Fsp3) is 0.115. The second kappa shape index (κ2) is 9.75. The van der Waals surface area contributed by atoms with E-state index in [-0.39, 0.29) is 17.9 Å². The van der Waals surface area contributed by atoms with Crippen molar-refractivity contribution in [3.63, 3.8) is 0 Å². The number of nitrogens with one attached hydrogen (secondary N) is 1. The molecule has 0 spiro atoms. The van der Waals surface area contributed by atoms with Crippen molar-refractivity contribution in [3.8, 4) is 17.4 Å². The van der Waals surface area contributed by atoms with Crippen molar-refractivity contribution in [2.45, 2.75) is 20.0 Å². The van der Waals surface area contributed by atoms with E-state index in [0.29, 0.717) is 17.0 Å². The van der Waals surface area contributed by atoms with Crippen LogP contribution in [0.5, 0.6) is 17.4 Å². The summed E-state index contributed by atoms with van der Waals surface area (Å²) < 4.78 is 11.8. The van der Waals surface area contributed by atoms with Crippen LogP contribution in [0.25, 0.3) is 0 Å². The summed E-state index contributed by atoms with van der Waals surface area (Å²) in [5.74, 6) is 1.14. The Bertz CT molecular complexity index is 1200. The first-order chi connectivity index (χ1) is 15.6. The van der Waals surface area contributed by atoms with Gasteiger partial charge in [-0.1, -0.05) is 30.3 Å². The smallest absolute Gasteiger partial charge is 0.261 e. The van der Waals surface area contributed by atoms with Gasteiger partial charge in [0.1, 0.15) is 23.2 Å². The van der Waals surface area contributed by atoms with Crippen molar-refractivity contribution in [3.05, 3.63) is 108 Å². The Morgan fingerprint density at radius 1 is 0.938 bits per heavy atom. The van der Waals surface area contributed by atoms with Crippen LogP contribution in [0.15, 0.2) is 91.4 Å². The number of rotatable bonds is 7. The average Bonchev–Trinajstić information content (AvgIpc) is 2.82. The zero-order valence-electron chi connectivity index (χ0n) is 17.9. The molecule has 1 amide bonds. The van der Waals surface area contributed by atoms with Gasteiger partial charge in [0.2, 0.25) is 5.88 Å². The van der Waals surface area contributed by atoms with E-state index in [9.17, 15) is 4.79 Å². The topological polar surface area (TPSA) is 73.3 Å². The van der Waals surface area contributed by atoms with Crippen LogP contribution in [0.4, 0.5) is 5.69 Å². The maximum Gasteiger partial charge on any atom is 0.261 e. The Hall–Kier alpha value is -4.19. The Morgan fingerprint density at radius 2 is 1.75 bits per heavy atom. The zero-order valence-corrected chi connectivity index (χ0v) is 17.9. The number of hydrogen-bond acceptors (Lipinski definition) is 5. The molecule has 160 valence electrons. The normalized spacial score (nSPS) is 11.4. The van der Waals surface area contributed by atoms with E-state index in [1.54, 1.807) is 42.9 Å². The van der Waals surface area contributed by atoms with Gasteiger partial charge in [-0.15, -0.1) is 0 Å². The third kappa shape index (κ3) is 5.10. The Balaban J connectivity index is 1.47. The molecule has 1 N–H and O–H groups in total. The van der Waals surface area contributed by atoms with Crippen LogP contribution < -0.4 is 14.8 Å². The van der Waals surface area contributed by atoms with E-state index in [0.717, 1.165) is 16.9 Å². The van der Waals surface area contributed by atoms with Gasteiger partial charge in [-0.25, -0.2) is 4.98 Å². The summed E-state index contributed by atoms with van der Waals surface area (Å²) in [6.07, 6.45) is 4.71. The fourth-order valence-corrected chi connectivity index (χ4v) is 3.20. The van der Waals surface area contributed by atoms with Gasteiger partial charge in [0.25, 0.3) is 5.91 Å². The summed E-state index contributed by atoms with van der Waals surface area (Å²) >= 11 is 0. The Morgan fingerprint density at radius 3 is 2.50 bits per heavy atom. The first-order valence-electron chi connectivity index (χ1n) is 10.3. The first-order valence-corrected chi connectivity index (χ1v) is 10.3. The van der Waals surface area contributed by atoms with Gasteiger partial charge >= 0.3 is 0 Å². The molecule has 0 aliphatic carbocycles. The minimum atomic E-state index is -0.314. The predicted octanol–water partition coefficient (Wildman–Crippen LogP) is 5.97. The molecular weight excluding hydrogens is 402 g/mol. The highest BCUT2D eigenvalue weighted by molar-refractivity contribution is 6.06. The van der Waals surface area contributed by atoms with Crippen molar-refractivity contribution in [2.75, 3.05) is 5.32 Å². The van der Waals surface area contributed by atoms with E-state index < -0.39 is 0 Å². The number of pyridine rings is 2. The third-order valence-electron chi connectivity index (χ3n) is 4.89. The van der Waals surface area contributed by atoms with Gasteiger partial charge in [0, 0.05) is 18.1 Å². The molecule has 6 nitrogen and oxygen atoms in total. The van der Waals surface area contributed by atoms with Crippen molar-refractivity contribution in [2.24, 2.45) is 0 Å². The lowest BCUT2D eigenvalue weighted by Crippen LogP contribution is -2.14. The molecule has 4 aromatic rings. The molecule has 0 bridgehead atoms. The van der Waals surface area contributed by atoms with Crippen LogP contribution in [0.2, 0.25) is 0 Å². The SMILES string of the molecule is Cc1cc(OC(C)c2ccccc2)ccc1NC(=O)c1cccnc1Oc1cccnc1. The average molecular weight is 425 g/mol. The molecule has 2 heterocycles. The van der Waals surface area contributed by atoms with Gasteiger partial charge in [0.15, 0.2) is 0 Å². The number of carbonyl (C=O) groups excluding carboxylic acids is 1. The number of carbonyl (C=O) groups is 1. The highest BCUT2D eigenvalue weighted by Crippen LogP contribution is 2.28. The van der Waals surface area contributed by atoms with Gasteiger partial charge in [-0.05, 0) is 67.4 Å². The molecule has 0 saturated carbocycles. The van der Waals surface area contributed by atoms with Crippen LogP contribution in [-0.4, -0.2) is 15.9 Å². The predicted molar refractivity (Wildman–Crippen MR) is 123 cm³/mol. The maximum atomic E-state index is 12.9. The van der Waals surface area contributed by atoms with Crippen LogP contribution >= 0.6 is 0 Å². The second-order valence-corrected chi connectivity index (χ2v) is 7.25. The molecule has 2 aromatic heterocycles. The molecule has 4 rings (SSSR count). The summed E-state index contributed by atoms with van der Waals surface area (Å²) in [6.45, 7) is 3.93. The summed E-state index contributed by atoms with van der Waals surface area (Å²) in [7, 11) is 0. The van der Waals surface area contributed by atoms with Crippen LogP contribution in [0.1, 0.15) is 34.5 Å². The van der Waals surface area contributed by atoms with Crippen molar-refractivity contribution in [1.82, 2.24) is 9.97 Å². The first kappa shape index (κ1) is 21.1. The number of ether oxygens (including phenoxy) is 2. The minimum Gasteiger partial charge on any atom is -0.486 e. The molecule has 2 aromatic carbocycles. The van der Waals surface area contributed by atoms with Gasteiger partial charge < -0.3 is 14.8 Å². The van der Waals surface area contributed by atoms with Gasteiger partial charge in [-0.2, -0.15) is 0 Å². The Kier molecular flexibility index (Phi) is 6.41. The molecule has 0 aliphatic rings. The Labute approximate surface area is 186 Å². The summed E-state index contributed by atoms with van der Waals surface area (Å²) in [4.78, 5) is 21.2. The lowest BCUT2D eigenvalue weighted by molar-refractivity contribution is 0.102. The highest BCUT2D eigenvalue weighted by atomic mass is 16.5. The molecule has 32 heavy (non-hydrogen) atoms. The molecule has 0 saturated heterocycles. The number of amides is 1. The molecule has 1 atom stereocenters. The number of aromatic nitrogens is 2. The third-order valence-corrected chi connectivity index (χ3v) is 4.89. The fourth-order valence-electron chi connectivity index (χ4n) is 3.20. The number of anilines is 1. The highest BCUT2D eigenvalue weighted by Gasteiger charge is 2.16. The molecule has 0 radical (unpaired) electrons. The monoisotopic (exact) mass is 425 g/mol. The van der Waals surface area contributed by atoms with Crippen molar-refractivity contribution in [1.29, 1.82) is 0 Å². The van der Waals surface area contributed by atoms with E-state index in [1.165, 1.54) is 0 Å². The lowest BCUT2D eigenvalue weighted by atomic mass is 10.1. The molecule has 6 heteroatoms. The molecule has 1 unspecified atom stereocenters. The number of aryl methyl sites for hydroxylation is 1. The number of hydrogen-bond donors (Lipinski definition) is 1. The zero-order chi connectivity index (χ0) is 22.3. The standard InChI is InChI=1S/C26H23N3O3/c1-18-16-21(31-19(2)20-8-4-3-5-9-20)12-13-24(18)29-25(30)23-11-7-15-28-26(23)32-22-10-6-14-27-17-22/h3-17,19H,1-2H3,(H,29,30). The van der Waals surface area contributed by atoms with Crippen molar-refractivity contribution < 1.29 is 14.3 Å². The van der Waals surface area contributed by atoms with E-state index in [4.69, 9.17) is 9.47 Å². The largest absolute Gasteiger partial charge is 0.486 e. The number of nitrogens with zero attached hydrogens (tertiary/aromatic N) is 2. The van der Waals surface area contributed by atoms with Crippen LogP contribution in [0, 0.1) is 6.92 Å².